The predicted octanol–water partition coefficient (Wildman–Crippen LogP) is 3.25. The van der Waals surface area contributed by atoms with Crippen LogP contribution in [0.25, 0.3) is 0 Å². The molecule has 1 aliphatic rings. The molecule has 0 N–H and O–H groups in total. The largest absolute Gasteiger partial charge is 0.298 e. The van der Waals surface area contributed by atoms with E-state index in [-0.39, 0.29) is 17.5 Å². The Bertz CT molecular complexity index is 448. The van der Waals surface area contributed by atoms with E-state index in [4.69, 9.17) is 0 Å². The van der Waals surface area contributed by atoms with Crippen molar-refractivity contribution in [2.75, 3.05) is 5.75 Å². The van der Waals surface area contributed by atoms with Gasteiger partial charge in [0.15, 0.2) is 0 Å². The first-order valence-corrected chi connectivity index (χ1v) is 7.97. The first kappa shape index (κ1) is 13.5. The first-order valence-electron chi connectivity index (χ1n) is 6.65. The maximum absolute atomic E-state index is 12.2. The van der Waals surface area contributed by atoms with Gasteiger partial charge < -0.3 is 0 Å². The minimum absolute atomic E-state index is 0.159. The molecule has 1 atom stereocenters. The lowest BCUT2D eigenvalue weighted by atomic mass is 9.87. The number of carbonyl (C=O) groups is 1. The monoisotopic (exact) mass is 264 g/mol. The minimum atomic E-state index is -1.18. The van der Waals surface area contributed by atoms with Crippen LogP contribution in [-0.2, 0) is 15.6 Å². The van der Waals surface area contributed by atoms with Crippen LogP contribution in [0.4, 0.5) is 0 Å². The Morgan fingerprint density at radius 3 is 2.56 bits per heavy atom. The molecule has 1 aromatic carbocycles. The SMILES string of the molecule is Cc1ccccc1S(=O)CC(=O)C1CCCCC1. The van der Waals surface area contributed by atoms with Gasteiger partial charge >= 0.3 is 0 Å². The van der Waals surface area contributed by atoms with E-state index in [1.165, 1.54) is 6.42 Å². The third-order valence-electron chi connectivity index (χ3n) is 3.67. The first-order chi connectivity index (χ1) is 8.68. The van der Waals surface area contributed by atoms with Gasteiger partial charge in [-0.05, 0) is 31.4 Å². The summed E-state index contributed by atoms with van der Waals surface area (Å²) >= 11 is 0. The van der Waals surface area contributed by atoms with Gasteiger partial charge in [0.2, 0.25) is 0 Å². The van der Waals surface area contributed by atoms with Crippen LogP contribution in [0.5, 0.6) is 0 Å². The van der Waals surface area contributed by atoms with E-state index in [9.17, 15) is 9.00 Å². The van der Waals surface area contributed by atoms with Gasteiger partial charge in [-0.3, -0.25) is 9.00 Å². The molecule has 1 unspecified atom stereocenters. The highest BCUT2D eigenvalue weighted by Crippen LogP contribution is 2.25. The van der Waals surface area contributed by atoms with Crippen molar-refractivity contribution in [3.05, 3.63) is 29.8 Å². The molecule has 0 amide bonds. The van der Waals surface area contributed by atoms with Crippen molar-refractivity contribution in [1.82, 2.24) is 0 Å². The summed E-state index contributed by atoms with van der Waals surface area (Å²) in [7, 11) is -1.18. The zero-order chi connectivity index (χ0) is 13.0. The summed E-state index contributed by atoms with van der Waals surface area (Å²) in [6.45, 7) is 1.94. The Kier molecular flexibility index (Phi) is 4.70. The van der Waals surface area contributed by atoms with Crippen LogP contribution in [0.15, 0.2) is 29.2 Å². The number of Topliss-reactive ketones (excluding diaryl/α,β-unsaturated/α-hetero) is 1. The molecule has 0 spiro atoms. The van der Waals surface area contributed by atoms with Gasteiger partial charge in [0.1, 0.15) is 5.78 Å². The topological polar surface area (TPSA) is 34.1 Å². The zero-order valence-electron chi connectivity index (χ0n) is 10.9. The van der Waals surface area contributed by atoms with Crippen molar-refractivity contribution in [3.63, 3.8) is 0 Å². The lowest BCUT2D eigenvalue weighted by Gasteiger charge is -2.20. The average molecular weight is 264 g/mol. The molecule has 2 nitrogen and oxygen atoms in total. The number of hydrogen-bond donors (Lipinski definition) is 0. The second kappa shape index (κ2) is 6.28. The molecule has 0 saturated heterocycles. The molecular weight excluding hydrogens is 244 g/mol. The molecule has 0 aliphatic heterocycles. The third kappa shape index (κ3) is 3.29. The summed E-state index contributed by atoms with van der Waals surface area (Å²) in [6.07, 6.45) is 5.51. The summed E-state index contributed by atoms with van der Waals surface area (Å²) in [5, 5.41) is 0. The van der Waals surface area contributed by atoms with Crippen molar-refractivity contribution in [2.24, 2.45) is 5.92 Å². The van der Waals surface area contributed by atoms with E-state index >= 15 is 0 Å². The molecular formula is C15H20O2S. The van der Waals surface area contributed by atoms with E-state index in [1.807, 2.05) is 31.2 Å². The van der Waals surface area contributed by atoms with Crippen LogP contribution < -0.4 is 0 Å². The van der Waals surface area contributed by atoms with Gasteiger partial charge in [-0.25, -0.2) is 0 Å². The highest BCUT2D eigenvalue weighted by molar-refractivity contribution is 7.85. The van der Waals surface area contributed by atoms with E-state index in [0.717, 1.165) is 36.1 Å². The summed E-state index contributed by atoms with van der Waals surface area (Å²) in [5.74, 6) is 0.540. The van der Waals surface area contributed by atoms with Crippen LogP contribution in [0.2, 0.25) is 0 Å². The summed E-state index contributed by atoms with van der Waals surface area (Å²) in [6, 6.07) is 7.61. The normalized spacial score (nSPS) is 18.5. The highest BCUT2D eigenvalue weighted by atomic mass is 32.2. The predicted molar refractivity (Wildman–Crippen MR) is 74.0 cm³/mol. The number of rotatable bonds is 4. The Morgan fingerprint density at radius 1 is 1.22 bits per heavy atom. The van der Waals surface area contributed by atoms with E-state index in [1.54, 1.807) is 0 Å². The molecule has 98 valence electrons. The third-order valence-corrected chi connectivity index (χ3v) is 5.17. The Hall–Kier alpha value is -0.960. The van der Waals surface area contributed by atoms with Crippen LogP contribution in [0.1, 0.15) is 37.7 Å². The van der Waals surface area contributed by atoms with Gasteiger partial charge in [-0.2, -0.15) is 0 Å². The molecule has 3 heteroatoms. The fraction of sp³-hybridized carbons (Fsp3) is 0.533. The summed E-state index contributed by atoms with van der Waals surface area (Å²) in [4.78, 5) is 12.9. The van der Waals surface area contributed by atoms with Crippen LogP contribution in [-0.4, -0.2) is 15.7 Å². The number of carbonyl (C=O) groups excluding carboxylic acids is 1. The molecule has 0 heterocycles. The highest BCUT2D eigenvalue weighted by Gasteiger charge is 2.23. The molecule has 2 rings (SSSR count). The fourth-order valence-electron chi connectivity index (χ4n) is 2.56. The molecule has 18 heavy (non-hydrogen) atoms. The molecule has 1 aromatic rings. The quantitative estimate of drug-likeness (QED) is 0.836. The maximum atomic E-state index is 12.2. The minimum Gasteiger partial charge on any atom is -0.298 e. The van der Waals surface area contributed by atoms with Crippen molar-refractivity contribution in [1.29, 1.82) is 0 Å². The lowest BCUT2D eigenvalue weighted by molar-refractivity contribution is -0.121. The summed E-state index contributed by atoms with van der Waals surface area (Å²) < 4.78 is 12.2. The standard InChI is InChI=1S/C15H20O2S/c1-12-7-5-6-10-15(12)18(17)11-14(16)13-8-3-2-4-9-13/h5-7,10,13H,2-4,8-9,11H2,1H3. The van der Waals surface area contributed by atoms with Crippen LogP contribution >= 0.6 is 0 Å². The van der Waals surface area contributed by atoms with Gasteiger partial charge in [-0.15, -0.1) is 0 Å². The second-order valence-corrected chi connectivity index (χ2v) is 6.48. The summed E-state index contributed by atoms with van der Waals surface area (Å²) in [5.41, 5.74) is 1.01. The zero-order valence-corrected chi connectivity index (χ0v) is 11.7. The van der Waals surface area contributed by atoms with Crippen LogP contribution in [0, 0.1) is 12.8 Å². The van der Waals surface area contributed by atoms with E-state index < -0.39 is 10.8 Å². The molecule has 1 aliphatic carbocycles. The van der Waals surface area contributed by atoms with Crippen molar-refractivity contribution >= 4 is 16.6 Å². The lowest BCUT2D eigenvalue weighted by Crippen LogP contribution is -2.23. The number of hydrogen-bond acceptors (Lipinski definition) is 2. The van der Waals surface area contributed by atoms with Gasteiger partial charge in [0.25, 0.3) is 0 Å². The van der Waals surface area contributed by atoms with Crippen molar-refractivity contribution in [3.8, 4) is 0 Å². The molecule has 0 bridgehead atoms. The van der Waals surface area contributed by atoms with Gasteiger partial charge in [0.05, 0.1) is 16.6 Å². The number of ketones is 1. The Labute approximate surface area is 111 Å². The Balaban J connectivity index is 1.99. The van der Waals surface area contributed by atoms with E-state index in [0.29, 0.717) is 0 Å². The van der Waals surface area contributed by atoms with Crippen LogP contribution in [0.3, 0.4) is 0 Å². The molecule has 0 radical (unpaired) electrons. The molecule has 1 saturated carbocycles. The van der Waals surface area contributed by atoms with Crippen molar-refractivity contribution < 1.29 is 9.00 Å². The van der Waals surface area contributed by atoms with Gasteiger partial charge in [0, 0.05) is 10.8 Å². The second-order valence-electron chi connectivity index (χ2n) is 5.06. The maximum Gasteiger partial charge on any atom is 0.148 e. The molecule has 1 fully saturated rings. The number of benzene rings is 1. The van der Waals surface area contributed by atoms with Crippen molar-refractivity contribution in [2.45, 2.75) is 43.9 Å². The van der Waals surface area contributed by atoms with E-state index in [2.05, 4.69) is 0 Å². The molecule has 0 aromatic heterocycles. The average Bonchev–Trinajstić information content (AvgIpc) is 2.40. The number of aryl methyl sites for hydroxylation is 1. The van der Waals surface area contributed by atoms with Gasteiger partial charge in [-0.1, -0.05) is 37.5 Å². The smallest absolute Gasteiger partial charge is 0.148 e. The Morgan fingerprint density at radius 2 is 1.89 bits per heavy atom. The fourth-order valence-corrected chi connectivity index (χ4v) is 3.87.